The second-order valence-corrected chi connectivity index (χ2v) is 6.67. The molecule has 0 saturated heterocycles. The summed E-state index contributed by atoms with van der Waals surface area (Å²) in [4.78, 5) is 0. The molecule has 0 fully saturated rings. The van der Waals surface area contributed by atoms with Crippen molar-refractivity contribution in [2.24, 2.45) is 0 Å². The van der Waals surface area contributed by atoms with Crippen LogP contribution in [0.3, 0.4) is 0 Å². The van der Waals surface area contributed by atoms with Crippen LogP contribution in [-0.2, 0) is 0 Å². The quantitative estimate of drug-likeness (QED) is 0.437. The lowest BCUT2D eigenvalue weighted by Gasteiger charge is -2.08. The highest BCUT2D eigenvalue weighted by atomic mass is 16.5. The first-order valence-electron chi connectivity index (χ1n) is 9.17. The standard InChI is InChI=1S/C24H17BNO2/c27-25-28-20-10-6-7-17(15-20)18-13-14-24-22(16-18)21-11-4-5-12-23(21)26(24)19-8-2-1-3-9-19/h1-16,27H. The molecule has 5 rings (SSSR count). The molecular weight excluding hydrogens is 345 g/mol. The zero-order valence-corrected chi connectivity index (χ0v) is 15.1. The van der Waals surface area contributed by atoms with E-state index in [1.165, 1.54) is 21.8 Å². The summed E-state index contributed by atoms with van der Waals surface area (Å²) in [6.45, 7) is 0. The SMILES string of the molecule is O[B]Oc1cccc(-c2ccc3c(c2)c2ccccc2n3-c2ccccc2)c1. The van der Waals surface area contributed by atoms with E-state index in [1.54, 1.807) is 0 Å². The fourth-order valence-corrected chi connectivity index (χ4v) is 3.82. The van der Waals surface area contributed by atoms with E-state index in [1.807, 2.05) is 30.3 Å². The van der Waals surface area contributed by atoms with Gasteiger partial charge in [0, 0.05) is 16.5 Å². The van der Waals surface area contributed by atoms with Gasteiger partial charge in [-0.1, -0.05) is 54.6 Å². The first-order chi connectivity index (χ1) is 13.8. The van der Waals surface area contributed by atoms with Crippen molar-refractivity contribution in [1.82, 2.24) is 4.57 Å². The molecule has 5 aromatic rings. The maximum absolute atomic E-state index is 8.90. The summed E-state index contributed by atoms with van der Waals surface area (Å²) in [5.41, 5.74) is 5.65. The van der Waals surface area contributed by atoms with Gasteiger partial charge in [-0.3, -0.25) is 0 Å². The van der Waals surface area contributed by atoms with Crippen LogP contribution in [0.15, 0.2) is 97.1 Å². The van der Waals surface area contributed by atoms with Crippen molar-refractivity contribution in [3.05, 3.63) is 97.1 Å². The predicted molar refractivity (Wildman–Crippen MR) is 115 cm³/mol. The Morgan fingerprint density at radius 3 is 2.25 bits per heavy atom. The van der Waals surface area contributed by atoms with Gasteiger partial charge in [-0.15, -0.1) is 0 Å². The molecule has 1 aromatic heterocycles. The number of fused-ring (bicyclic) bond motifs is 3. The summed E-state index contributed by atoms with van der Waals surface area (Å²) in [5.74, 6) is 0.604. The third kappa shape index (κ3) is 2.75. The number of benzene rings is 4. The zero-order chi connectivity index (χ0) is 18.9. The van der Waals surface area contributed by atoms with E-state index in [9.17, 15) is 0 Å². The van der Waals surface area contributed by atoms with Crippen molar-refractivity contribution >= 4 is 29.5 Å². The van der Waals surface area contributed by atoms with Crippen LogP contribution in [0.2, 0.25) is 0 Å². The highest BCUT2D eigenvalue weighted by Crippen LogP contribution is 2.35. The molecule has 0 aliphatic heterocycles. The molecule has 0 saturated carbocycles. The number of nitrogens with zero attached hydrogens (tertiary/aromatic N) is 1. The summed E-state index contributed by atoms with van der Waals surface area (Å²) in [6, 6.07) is 33.1. The van der Waals surface area contributed by atoms with E-state index < -0.39 is 0 Å². The van der Waals surface area contributed by atoms with Crippen molar-refractivity contribution in [2.75, 3.05) is 0 Å². The van der Waals surface area contributed by atoms with Crippen LogP contribution in [0.4, 0.5) is 0 Å². The second kappa shape index (κ2) is 6.91. The van der Waals surface area contributed by atoms with Gasteiger partial charge in [-0.05, 0) is 53.6 Å². The molecular formula is C24H17BNO2. The van der Waals surface area contributed by atoms with Crippen molar-refractivity contribution < 1.29 is 9.68 Å². The van der Waals surface area contributed by atoms with E-state index >= 15 is 0 Å². The highest BCUT2D eigenvalue weighted by molar-refractivity contribution is 6.17. The fourth-order valence-electron chi connectivity index (χ4n) is 3.82. The molecule has 3 nitrogen and oxygen atoms in total. The van der Waals surface area contributed by atoms with Gasteiger partial charge in [0.1, 0.15) is 5.75 Å². The van der Waals surface area contributed by atoms with E-state index in [0.29, 0.717) is 13.4 Å². The highest BCUT2D eigenvalue weighted by Gasteiger charge is 2.13. The predicted octanol–water partition coefficient (Wildman–Crippen LogP) is 5.36. The lowest BCUT2D eigenvalue weighted by Crippen LogP contribution is -1.99. The summed E-state index contributed by atoms with van der Waals surface area (Å²) in [5, 5.41) is 11.3. The lowest BCUT2D eigenvalue weighted by atomic mass is 10.0. The zero-order valence-electron chi connectivity index (χ0n) is 15.1. The molecule has 4 aromatic carbocycles. The van der Waals surface area contributed by atoms with Gasteiger partial charge in [0.2, 0.25) is 0 Å². The van der Waals surface area contributed by atoms with Crippen LogP contribution < -0.4 is 4.65 Å². The molecule has 0 atom stereocenters. The van der Waals surface area contributed by atoms with E-state index in [0.717, 1.165) is 16.8 Å². The maximum atomic E-state index is 8.90. The molecule has 0 unspecified atom stereocenters. The molecule has 1 heterocycles. The van der Waals surface area contributed by atoms with Crippen LogP contribution >= 0.6 is 0 Å². The fraction of sp³-hybridized carbons (Fsp3) is 0. The Morgan fingerprint density at radius 2 is 1.39 bits per heavy atom. The van der Waals surface area contributed by atoms with Crippen LogP contribution in [-0.4, -0.2) is 17.3 Å². The second-order valence-electron chi connectivity index (χ2n) is 6.67. The molecule has 0 aliphatic rings. The topological polar surface area (TPSA) is 34.4 Å². The normalized spacial score (nSPS) is 11.0. The van der Waals surface area contributed by atoms with Crippen LogP contribution in [0, 0.1) is 0 Å². The first-order valence-corrected chi connectivity index (χ1v) is 9.17. The third-order valence-corrected chi connectivity index (χ3v) is 5.04. The maximum Gasteiger partial charge on any atom is 0.569 e. The summed E-state index contributed by atoms with van der Waals surface area (Å²) < 4.78 is 7.41. The van der Waals surface area contributed by atoms with Crippen molar-refractivity contribution in [2.45, 2.75) is 0 Å². The number of rotatable bonds is 4. The monoisotopic (exact) mass is 362 g/mol. The molecule has 0 spiro atoms. The molecule has 1 radical (unpaired) electrons. The van der Waals surface area contributed by atoms with E-state index in [2.05, 4.69) is 71.3 Å². The molecule has 133 valence electrons. The molecule has 0 amide bonds. The molecule has 4 heteroatoms. The van der Waals surface area contributed by atoms with Gasteiger partial charge < -0.3 is 14.2 Å². The Kier molecular flexibility index (Phi) is 4.11. The minimum absolute atomic E-state index is 0.604. The minimum Gasteiger partial charge on any atom is -0.537 e. The smallest absolute Gasteiger partial charge is 0.537 e. The summed E-state index contributed by atoms with van der Waals surface area (Å²) in [7, 11) is 0.704. The lowest BCUT2D eigenvalue weighted by molar-refractivity contribution is 0.454. The van der Waals surface area contributed by atoms with E-state index in [4.69, 9.17) is 9.68 Å². The van der Waals surface area contributed by atoms with Crippen LogP contribution in [0.1, 0.15) is 0 Å². The molecule has 0 aliphatic carbocycles. The Hall–Kier alpha value is -3.50. The van der Waals surface area contributed by atoms with Gasteiger partial charge in [0.25, 0.3) is 0 Å². The summed E-state index contributed by atoms with van der Waals surface area (Å²) >= 11 is 0. The van der Waals surface area contributed by atoms with Crippen molar-refractivity contribution in [3.63, 3.8) is 0 Å². The van der Waals surface area contributed by atoms with Gasteiger partial charge >= 0.3 is 7.69 Å². The van der Waals surface area contributed by atoms with Gasteiger partial charge in [0.05, 0.1) is 11.0 Å². The molecule has 0 bridgehead atoms. The Balaban J connectivity index is 1.75. The van der Waals surface area contributed by atoms with Crippen molar-refractivity contribution in [3.8, 4) is 22.6 Å². The van der Waals surface area contributed by atoms with Gasteiger partial charge in [0.15, 0.2) is 0 Å². The number of hydrogen-bond donors (Lipinski definition) is 1. The Bertz CT molecular complexity index is 1280. The van der Waals surface area contributed by atoms with E-state index in [-0.39, 0.29) is 0 Å². The van der Waals surface area contributed by atoms with Crippen LogP contribution in [0.5, 0.6) is 5.75 Å². The minimum atomic E-state index is 0.604. The first kappa shape index (κ1) is 16.7. The Morgan fingerprint density at radius 1 is 0.643 bits per heavy atom. The summed E-state index contributed by atoms with van der Waals surface area (Å²) in [6.07, 6.45) is 0. The number of hydrogen-bond acceptors (Lipinski definition) is 2. The van der Waals surface area contributed by atoms with Crippen LogP contribution in [0.25, 0.3) is 38.6 Å². The number of aromatic nitrogens is 1. The average molecular weight is 362 g/mol. The Labute approximate surface area is 163 Å². The molecule has 1 N–H and O–H groups in total. The molecule has 28 heavy (non-hydrogen) atoms. The largest absolute Gasteiger partial charge is 0.569 e. The average Bonchev–Trinajstić information content (AvgIpc) is 3.08. The van der Waals surface area contributed by atoms with Gasteiger partial charge in [-0.2, -0.15) is 0 Å². The third-order valence-electron chi connectivity index (χ3n) is 5.04. The number of para-hydroxylation sites is 2. The van der Waals surface area contributed by atoms with Gasteiger partial charge in [-0.25, -0.2) is 0 Å². The van der Waals surface area contributed by atoms with Crippen molar-refractivity contribution in [1.29, 1.82) is 0 Å².